The minimum absolute atomic E-state index is 0.0269. The molecule has 2 N–H and O–H groups in total. The summed E-state index contributed by atoms with van der Waals surface area (Å²) in [6, 6.07) is 5.24. The third-order valence-electron chi connectivity index (χ3n) is 7.39. The van der Waals surface area contributed by atoms with Crippen LogP contribution in [0.3, 0.4) is 0 Å². The highest BCUT2D eigenvalue weighted by Gasteiger charge is 2.35. The third kappa shape index (κ3) is 5.44. The van der Waals surface area contributed by atoms with Crippen LogP contribution in [0.25, 0.3) is 0 Å². The molecule has 1 fully saturated rings. The van der Waals surface area contributed by atoms with Gasteiger partial charge in [-0.1, -0.05) is 20.8 Å². The van der Waals surface area contributed by atoms with E-state index in [-0.39, 0.29) is 53.8 Å². The van der Waals surface area contributed by atoms with Crippen LogP contribution in [0, 0.1) is 17.1 Å². The number of methoxy groups -OCH3 is 1. The smallest absolute Gasteiger partial charge is 0.308 e. The predicted molar refractivity (Wildman–Crippen MR) is 150 cm³/mol. The van der Waals surface area contributed by atoms with Crippen LogP contribution in [-0.4, -0.2) is 67.6 Å². The van der Waals surface area contributed by atoms with Crippen LogP contribution in [0.5, 0.6) is 17.2 Å². The molecule has 1 atom stereocenters. The van der Waals surface area contributed by atoms with E-state index in [2.05, 4.69) is 0 Å². The normalized spacial score (nSPS) is 16.8. The zero-order chi connectivity index (χ0) is 29.4. The summed E-state index contributed by atoms with van der Waals surface area (Å²) in [6.07, 6.45) is 0.504. The molecule has 2 heterocycles. The van der Waals surface area contributed by atoms with Crippen LogP contribution in [0.4, 0.5) is 10.1 Å². The van der Waals surface area contributed by atoms with Crippen LogP contribution in [0.15, 0.2) is 18.2 Å². The van der Waals surface area contributed by atoms with Crippen molar-refractivity contribution in [1.82, 2.24) is 4.90 Å². The summed E-state index contributed by atoms with van der Waals surface area (Å²) < 4.78 is 32.4. The summed E-state index contributed by atoms with van der Waals surface area (Å²) >= 11 is 0. The molecule has 0 saturated carbocycles. The first-order chi connectivity index (χ1) is 18.9. The number of benzene rings is 2. The first-order valence-electron chi connectivity index (χ1n) is 13.6. The first-order valence-corrected chi connectivity index (χ1v) is 13.6. The molecule has 2 aliphatic rings. The molecular weight excluding hydrogens is 517 g/mol. The summed E-state index contributed by atoms with van der Waals surface area (Å²) in [7, 11) is 1.57. The van der Waals surface area contributed by atoms with Gasteiger partial charge in [-0.15, -0.1) is 0 Å². The lowest BCUT2D eigenvalue weighted by Gasteiger charge is -2.29. The van der Waals surface area contributed by atoms with Gasteiger partial charge in [0, 0.05) is 30.8 Å². The number of fused-ring (bicyclic) bond motifs is 1. The zero-order valence-electron chi connectivity index (χ0n) is 24.0. The highest BCUT2D eigenvalue weighted by Crippen LogP contribution is 2.42. The Balaban J connectivity index is 1.67. The van der Waals surface area contributed by atoms with E-state index < -0.39 is 17.7 Å². The number of hydrogen-bond donors (Lipinski definition) is 2. The molecule has 40 heavy (non-hydrogen) atoms. The van der Waals surface area contributed by atoms with E-state index in [1.807, 2.05) is 31.7 Å². The Kier molecular flexibility index (Phi) is 8.28. The van der Waals surface area contributed by atoms with Gasteiger partial charge in [0.1, 0.15) is 11.6 Å². The Labute approximate surface area is 234 Å². The maximum atomic E-state index is 15.5. The lowest BCUT2D eigenvalue weighted by atomic mass is 9.84. The second kappa shape index (κ2) is 11.3. The van der Waals surface area contributed by atoms with Crippen molar-refractivity contribution < 1.29 is 33.3 Å². The number of carboxylic acid groups (broad SMARTS) is 1. The topological polar surface area (TPSA) is 112 Å². The van der Waals surface area contributed by atoms with E-state index in [0.717, 1.165) is 5.56 Å². The Morgan fingerprint density at radius 2 is 1.82 bits per heavy atom. The standard InChI is InChI=1S/C30H38FN3O6/c1-7-39-23-13-19-15-34(28(32)24(19)25(31)27(23)40-8-2)16-22(35)18-11-20(30(3,4)5)26(38-6)21(12-18)33-10-9-17(14-33)29(36)37/h11-13,17,32H,7-10,14-16H2,1-6H3,(H,36,37). The number of hydrogen-bond acceptors (Lipinski definition) is 7. The van der Waals surface area contributed by atoms with Crippen LogP contribution in [0.2, 0.25) is 0 Å². The van der Waals surface area contributed by atoms with Gasteiger partial charge in [0.05, 0.1) is 44.0 Å². The number of ketones is 1. The molecule has 216 valence electrons. The van der Waals surface area contributed by atoms with Crippen molar-refractivity contribution in [2.45, 2.75) is 53.0 Å². The summed E-state index contributed by atoms with van der Waals surface area (Å²) in [5.41, 5.74) is 2.23. The fraction of sp³-hybridized carbons (Fsp3) is 0.500. The Hall–Kier alpha value is -3.82. The average molecular weight is 556 g/mol. The second-order valence-corrected chi connectivity index (χ2v) is 11.1. The second-order valence-electron chi connectivity index (χ2n) is 11.1. The van der Waals surface area contributed by atoms with Gasteiger partial charge in [-0.05, 0) is 49.4 Å². The molecule has 2 aromatic rings. The van der Waals surface area contributed by atoms with Crippen molar-refractivity contribution in [2.24, 2.45) is 5.92 Å². The van der Waals surface area contributed by atoms with Crippen LogP contribution >= 0.6 is 0 Å². The fourth-order valence-corrected chi connectivity index (χ4v) is 5.38. The third-order valence-corrected chi connectivity index (χ3v) is 7.39. The van der Waals surface area contributed by atoms with E-state index in [1.54, 1.807) is 38.0 Å². The molecular formula is C30H38FN3O6. The molecule has 2 aromatic carbocycles. The van der Waals surface area contributed by atoms with E-state index in [9.17, 15) is 14.7 Å². The van der Waals surface area contributed by atoms with Crippen LogP contribution < -0.4 is 19.1 Å². The van der Waals surface area contributed by atoms with Gasteiger partial charge < -0.3 is 29.1 Å². The summed E-state index contributed by atoms with van der Waals surface area (Å²) in [5, 5.41) is 18.2. The van der Waals surface area contributed by atoms with Gasteiger partial charge in [-0.25, -0.2) is 4.39 Å². The number of nitrogens with zero attached hydrogens (tertiary/aromatic N) is 2. The van der Waals surface area contributed by atoms with Gasteiger partial charge >= 0.3 is 5.97 Å². The van der Waals surface area contributed by atoms with E-state index in [1.165, 1.54) is 0 Å². The number of amidine groups is 1. The number of Topliss-reactive ketones (excluding diaryl/α,β-unsaturated/α-hetero) is 1. The van der Waals surface area contributed by atoms with Crippen molar-refractivity contribution in [3.63, 3.8) is 0 Å². The Bertz CT molecular complexity index is 1340. The number of ether oxygens (including phenoxy) is 3. The van der Waals surface area contributed by atoms with Gasteiger partial charge in [-0.2, -0.15) is 0 Å². The van der Waals surface area contributed by atoms with Gasteiger partial charge in [-0.3, -0.25) is 15.0 Å². The molecule has 2 aliphatic heterocycles. The van der Waals surface area contributed by atoms with Gasteiger partial charge in [0.2, 0.25) is 0 Å². The first kappa shape index (κ1) is 29.2. The molecule has 0 spiro atoms. The maximum absolute atomic E-state index is 15.5. The number of nitrogens with one attached hydrogen (secondary N) is 1. The summed E-state index contributed by atoms with van der Waals surface area (Å²) in [5.74, 6) is -1.46. The van der Waals surface area contributed by atoms with E-state index in [4.69, 9.17) is 19.6 Å². The van der Waals surface area contributed by atoms with E-state index >= 15 is 4.39 Å². The highest BCUT2D eigenvalue weighted by molar-refractivity contribution is 6.06. The molecule has 1 saturated heterocycles. The predicted octanol–water partition coefficient (Wildman–Crippen LogP) is 4.86. The summed E-state index contributed by atoms with van der Waals surface area (Å²) in [4.78, 5) is 28.8. The van der Waals surface area contributed by atoms with Gasteiger partial charge in [0.15, 0.2) is 23.1 Å². The minimum atomic E-state index is -0.843. The molecule has 4 rings (SSSR count). The lowest BCUT2D eigenvalue weighted by molar-refractivity contribution is -0.140. The maximum Gasteiger partial charge on any atom is 0.308 e. The highest BCUT2D eigenvalue weighted by atomic mass is 19.1. The number of rotatable bonds is 10. The van der Waals surface area contributed by atoms with Crippen LogP contribution in [-0.2, 0) is 16.8 Å². The Morgan fingerprint density at radius 1 is 1.12 bits per heavy atom. The number of carbonyl (C=O) groups excluding carboxylic acids is 1. The quantitative estimate of drug-likeness (QED) is 0.400. The monoisotopic (exact) mass is 555 g/mol. The number of halogens is 1. The Morgan fingerprint density at radius 3 is 2.40 bits per heavy atom. The molecule has 0 radical (unpaired) electrons. The number of anilines is 1. The number of carbonyl (C=O) groups is 2. The van der Waals surface area contributed by atoms with E-state index in [0.29, 0.717) is 48.7 Å². The molecule has 9 nitrogen and oxygen atoms in total. The molecule has 0 bridgehead atoms. The fourth-order valence-electron chi connectivity index (χ4n) is 5.38. The van der Waals surface area contributed by atoms with Crippen molar-refractivity contribution >= 4 is 23.3 Å². The number of carboxylic acids is 1. The molecule has 0 amide bonds. The molecule has 10 heteroatoms. The average Bonchev–Trinajstić information content (AvgIpc) is 3.50. The molecule has 1 unspecified atom stereocenters. The lowest BCUT2D eigenvalue weighted by Crippen LogP contribution is -2.31. The van der Waals surface area contributed by atoms with Crippen molar-refractivity contribution in [2.75, 3.05) is 44.9 Å². The summed E-state index contributed by atoms with van der Waals surface area (Å²) in [6.45, 7) is 11.1. The van der Waals surface area contributed by atoms with Gasteiger partial charge in [0.25, 0.3) is 0 Å². The largest absolute Gasteiger partial charge is 0.494 e. The number of aliphatic carboxylic acids is 1. The SMILES string of the molecule is CCOc1cc2c(c(F)c1OCC)C(=N)N(CC(=O)c1cc(N3CCC(C(=O)O)C3)c(OC)c(C(C)(C)C)c1)C2. The van der Waals surface area contributed by atoms with Crippen molar-refractivity contribution in [3.05, 3.63) is 46.3 Å². The van der Waals surface area contributed by atoms with Crippen molar-refractivity contribution in [1.29, 1.82) is 5.41 Å². The minimum Gasteiger partial charge on any atom is -0.494 e. The van der Waals surface area contributed by atoms with Crippen molar-refractivity contribution in [3.8, 4) is 17.2 Å². The zero-order valence-corrected chi connectivity index (χ0v) is 24.0. The molecule has 0 aromatic heterocycles. The molecule has 0 aliphatic carbocycles. The van der Waals surface area contributed by atoms with Crippen LogP contribution in [0.1, 0.15) is 68.1 Å².